The maximum Gasteiger partial charge on any atom is 0.306 e. The van der Waals surface area contributed by atoms with Gasteiger partial charge < -0.3 is 10.0 Å². The summed E-state index contributed by atoms with van der Waals surface area (Å²) in [5, 5.41) is 8.85. The first-order valence-electron chi connectivity index (χ1n) is 5.56. The van der Waals surface area contributed by atoms with Gasteiger partial charge in [-0.25, -0.2) is 0 Å². The second kappa shape index (κ2) is 6.13. The van der Waals surface area contributed by atoms with Crippen molar-refractivity contribution in [2.24, 2.45) is 11.8 Å². The molecule has 5 heteroatoms. The topological polar surface area (TPSA) is 57.6 Å². The highest BCUT2D eigenvalue weighted by atomic mass is 32.2. The Kier molecular flexibility index (Phi) is 5.12. The molecular formula is C11H19NO3S. The molecule has 0 aromatic carbocycles. The minimum atomic E-state index is -0.732. The zero-order valence-electron chi connectivity index (χ0n) is 9.81. The molecule has 1 saturated heterocycles. The third kappa shape index (κ3) is 3.40. The molecule has 1 rings (SSSR count). The summed E-state index contributed by atoms with van der Waals surface area (Å²) in [7, 11) is 0. The summed E-state index contributed by atoms with van der Waals surface area (Å²) in [5.74, 6) is 0.0382. The van der Waals surface area contributed by atoms with E-state index in [0.717, 1.165) is 5.75 Å². The fraction of sp³-hybridized carbons (Fsp3) is 0.818. The standard InChI is InChI=1S/C11H19NO3S/c1-8(7-16-2)10(13)12-5-3-9(4-6-12)11(14)15/h8-9H,3-7H2,1-2H3,(H,14,15)/t8-/m0/s1. The lowest BCUT2D eigenvalue weighted by molar-refractivity contribution is -0.146. The summed E-state index contributed by atoms with van der Waals surface area (Å²) in [5.41, 5.74) is 0. The van der Waals surface area contributed by atoms with E-state index < -0.39 is 5.97 Å². The van der Waals surface area contributed by atoms with Gasteiger partial charge in [0.15, 0.2) is 0 Å². The van der Waals surface area contributed by atoms with E-state index in [1.54, 1.807) is 16.7 Å². The van der Waals surface area contributed by atoms with E-state index >= 15 is 0 Å². The molecule has 0 saturated carbocycles. The summed E-state index contributed by atoms with van der Waals surface area (Å²) in [6.45, 7) is 3.12. The minimum absolute atomic E-state index is 0.0383. The van der Waals surface area contributed by atoms with Gasteiger partial charge in [-0.3, -0.25) is 9.59 Å². The molecule has 1 fully saturated rings. The lowest BCUT2D eigenvalue weighted by atomic mass is 9.96. The Balaban J connectivity index is 2.41. The summed E-state index contributed by atoms with van der Waals surface area (Å²) < 4.78 is 0. The Labute approximate surface area is 100 Å². The first-order chi connectivity index (χ1) is 7.56. The van der Waals surface area contributed by atoms with Crippen molar-refractivity contribution in [3.8, 4) is 0 Å². The number of hydrogen-bond donors (Lipinski definition) is 1. The molecule has 0 aromatic heterocycles. The molecule has 4 nitrogen and oxygen atoms in total. The predicted molar refractivity (Wildman–Crippen MR) is 64.5 cm³/mol. The summed E-state index contributed by atoms with van der Waals surface area (Å²) in [6, 6.07) is 0. The second-order valence-corrected chi connectivity index (χ2v) is 5.20. The molecule has 0 aromatic rings. The molecule has 92 valence electrons. The van der Waals surface area contributed by atoms with Crippen LogP contribution in [0.4, 0.5) is 0 Å². The van der Waals surface area contributed by atoms with Crippen LogP contribution < -0.4 is 0 Å². The Morgan fingerprint density at radius 3 is 2.44 bits per heavy atom. The smallest absolute Gasteiger partial charge is 0.306 e. The van der Waals surface area contributed by atoms with Gasteiger partial charge in [-0.2, -0.15) is 11.8 Å². The second-order valence-electron chi connectivity index (χ2n) is 4.29. The number of hydrogen-bond acceptors (Lipinski definition) is 3. The zero-order valence-corrected chi connectivity index (χ0v) is 10.6. The molecule has 0 spiro atoms. The summed E-state index contributed by atoms with van der Waals surface area (Å²) in [4.78, 5) is 24.5. The number of piperidine rings is 1. The summed E-state index contributed by atoms with van der Waals surface area (Å²) >= 11 is 1.67. The van der Waals surface area contributed by atoms with Crippen LogP contribution in [0.15, 0.2) is 0 Å². The third-order valence-electron chi connectivity index (χ3n) is 2.99. The van der Waals surface area contributed by atoms with Crippen LogP contribution >= 0.6 is 11.8 Å². The van der Waals surface area contributed by atoms with E-state index in [-0.39, 0.29) is 17.7 Å². The van der Waals surface area contributed by atoms with Crippen LogP contribution in [-0.2, 0) is 9.59 Å². The monoisotopic (exact) mass is 245 g/mol. The van der Waals surface area contributed by atoms with Crippen LogP contribution in [0, 0.1) is 11.8 Å². The highest BCUT2D eigenvalue weighted by Crippen LogP contribution is 2.19. The van der Waals surface area contributed by atoms with Crippen LogP contribution in [0.2, 0.25) is 0 Å². The lowest BCUT2D eigenvalue weighted by Crippen LogP contribution is -2.43. The van der Waals surface area contributed by atoms with Gasteiger partial charge in [0.25, 0.3) is 0 Å². The quantitative estimate of drug-likeness (QED) is 0.811. The van der Waals surface area contributed by atoms with Gasteiger partial charge in [0.05, 0.1) is 5.92 Å². The molecule has 0 aliphatic carbocycles. The highest BCUT2D eigenvalue weighted by Gasteiger charge is 2.28. The normalized spacial score (nSPS) is 19.5. The van der Waals surface area contributed by atoms with Crippen LogP contribution in [0.5, 0.6) is 0 Å². The van der Waals surface area contributed by atoms with Crippen molar-refractivity contribution >= 4 is 23.6 Å². The van der Waals surface area contributed by atoms with Gasteiger partial charge >= 0.3 is 5.97 Å². The molecule has 1 atom stereocenters. The number of carboxylic acids is 1. The Morgan fingerprint density at radius 1 is 1.44 bits per heavy atom. The number of rotatable bonds is 4. The number of thioether (sulfide) groups is 1. The van der Waals surface area contributed by atoms with Crippen molar-refractivity contribution in [3.05, 3.63) is 0 Å². The number of carbonyl (C=O) groups excluding carboxylic acids is 1. The largest absolute Gasteiger partial charge is 0.481 e. The summed E-state index contributed by atoms with van der Waals surface area (Å²) in [6.07, 6.45) is 3.17. The van der Waals surface area contributed by atoms with Gasteiger partial charge in [-0.15, -0.1) is 0 Å². The van der Waals surface area contributed by atoms with Gasteiger partial charge in [0.1, 0.15) is 0 Å². The van der Waals surface area contributed by atoms with E-state index in [9.17, 15) is 9.59 Å². The van der Waals surface area contributed by atoms with E-state index in [2.05, 4.69) is 0 Å². The Hall–Kier alpha value is -0.710. The number of carboxylic acid groups (broad SMARTS) is 1. The molecule has 0 bridgehead atoms. The van der Waals surface area contributed by atoms with E-state index in [1.165, 1.54) is 0 Å². The van der Waals surface area contributed by atoms with Crippen molar-refractivity contribution in [3.63, 3.8) is 0 Å². The average Bonchev–Trinajstić information content (AvgIpc) is 2.28. The van der Waals surface area contributed by atoms with Crippen molar-refractivity contribution < 1.29 is 14.7 Å². The molecule has 16 heavy (non-hydrogen) atoms. The SMILES string of the molecule is CSC[C@H](C)C(=O)N1CCC(C(=O)O)CC1. The van der Waals surface area contributed by atoms with Crippen LogP contribution in [0.25, 0.3) is 0 Å². The van der Waals surface area contributed by atoms with Gasteiger partial charge in [-0.1, -0.05) is 6.92 Å². The van der Waals surface area contributed by atoms with Crippen LogP contribution in [-0.4, -0.2) is 47.0 Å². The Morgan fingerprint density at radius 2 is 2.00 bits per heavy atom. The fourth-order valence-electron chi connectivity index (χ4n) is 1.98. The van der Waals surface area contributed by atoms with Crippen LogP contribution in [0.1, 0.15) is 19.8 Å². The highest BCUT2D eigenvalue weighted by molar-refractivity contribution is 7.98. The van der Waals surface area contributed by atoms with Crippen LogP contribution in [0.3, 0.4) is 0 Å². The number of amides is 1. The lowest BCUT2D eigenvalue weighted by Gasteiger charge is -2.31. The number of likely N-dealkylation sites (tertiary alicyclic amines) is 1. The van der Waals surface area contributed by atoms with Crippen molar-refractivity contribution in [2.45, 2.75) is 19.8 Å². The van der Waals surface area contributed by atoms with Gasteiger partial charge in [0, 0.05) is 24.8 Å². The molecule has 1 aliphatic heterocycles. The molecule has 1 amide bonds. The molecular weight excluding hydrogens is 226 g/mol. The first kappa shape index (κ1) is 13.4. The van der Waals surface area contributed by atoms with E-state index in [1.807, 2.05) is 13.2 Å². The molecule has 1 N–H and O–H groups in total. The van der Waals surface area contributed by atoms with E-state index in [4.69, 9.17) is 5.11 Å². The number of aliphatic carboxylic acids is 1. The van der Waals surface area contributed by atoms with E-state index in [0.29, 0.717) is 25.9 Å². The van der Waals surface area contributed by atoms with Gasteiger partial charge in [0.2, 0.25) is 5.91 Å². The third-order valence-corrected chi connectivity index (χ3v) is 3.83. The molecule has 1 aliphatic rings. The fourth-order valence-corrected chi connectivity index (χ4v) is 2.62. The predicted octanol–water partition coefficient (Wildman–Crippen LogP) is 1.31. The first-order valence-corrected chi connectivity index (χ1v) is 6.96. The van der Waals surface area contributed by atoms with Crippen molar-refractivity contribution in [1.82, 2.24) is 4.90 Å². The van der Waals surface area contributed by atoms with Crippen molar-refractivity contribution in [2.75, 3.05) is 25.1 Å². The Bertz CT molecular complexity index is 262. The minimum Gasteiger partial charge on any atom is -0.481 e. The molecule has 1 heterocycles. The van der Waals surface area contributed by atoms with Gasteiger partial charge in [-0.05, 0) is 19.1 Å². The number of carbonyl (C=O) groups is 2. The molecule has 0 radical (unpaired) electrons. The zero-order chi connectivity index (χ0) is 12.1. The maximum absolute atomic E-state index is 11.9. The maximum atomic E-state index is 11.9. The number of nitrogens with zero attached hydrogens (tertiary/aromatic N) is 1. The van der Waals surface area contributed by atoms with Crippen molar-refractivity contribution in [1.29, 1.82) is 0 Å². The average molecular weight is 245 g/mol. The molecule has 0 unspecified atom stereocenters.